The van der Waals surface area contributed by atoms with E-state index in [2.05, 4.69) is 30.3 Å². The lowest BCUT2D eigenvalue weighted by Crippen LogP contribution is -2.05. The molecule has 7 aromatic rings. The Kier molecular flexibility index (Phi) is 4.36. The van der Waals surface area contributed by atoms with Crippen molar-refractivity contribution < 1.29 is 9.23 Å². The van der Waals surface area contributed by atoms with Gasteiger partial charge in [-0.15, -0.1) is 0 Å². The highest BCUT2D eigenvalue weighted by Gasteiger charge is 2.19. The molecule has 0 amide bonds. The van der Waals surface area contributed by atoms with Crippen molar-refractivity contribution in [2.45, 2.75) is 0 Å². The van der Waals surface area contributed by atoms with Gasteiger partial charge in [-0.1, -0.05) is 60.7 Å². The third kappa shape index (κ3) is 2.85. The Morgan fingerprint density at radius 1 is 0.639 bits per heavy atom. The van der Waals surface area contributed by atoms with E-state index in [4.69, 9.17) is 4.84 Å². The smallest absolute Gasteiger partial charge is 0.165 e. The number of halogens is 1. The maximum atomic E-state index is 14.0. The molecule has 0 unspecified atom stereocenters. The van der Waals surface area contributed by atoms with Gasteiger partial charge in [0.2, 0.25) is 0 Å². The van der Waals surface area contributed by atoms with E-state index in [0.29, 0.717) is 11.4 Å². The van der Waals surface area contributed by atoms with Crippen LogP contribution in [-0.4, -0.2) is 9.30 Å². The Balaban J connectivity index is 1.54. The van der Waals surface area contributed by atoms with Crippen LogP contribution in [0.3, 0.4) is 0 Å². The van der Waals surface area contributed by atoms with Crippen LogP contribution in [0.25, 0.3) is 49.3 Å². The second-order valence-corrected chi connectivity index (χ2v) is 8.70. The van der Waals surface area contributed by atoms with E-state index in [-0.39, 0.29) is 5.56 Å². The number of hydrogen-bond donors (Lipinski definition) is 0. The summed E-state index contributed by atoms with van der Waals surface area (Å²) in [7, 11) is 0. The van der Waals surface area contributed by atoms with Gasteiger partial charge >= 0.3 is 0 Å². The largest absolute Gasteiger partial charge is 0.374 e. The summed E-state index contributed by atoms with van der Waals surface area (Å²) in [6.45, 7) is 0. The Morgan fingerprint density at radius 2 is 1.25 bits per heavy atom. The number of fused-ring (bicyclic) bond motifs is 6. The normalized spacial score (nSPS) is 11.4. The fourth-order valence-corrected chi connectivity index (χ4v) is 5.20. The Bertz CT molecular complexity index is 1960. The summed E-state index contributed by atoms with van der Waals surface area (Å²) in [6, 6.07) is 36.7. The lowest BCUT2D eigenvalue weighted by Gasteiger charge is -2.12. The van der Waals surface area contributed by atoms with Gasteiger partial charge in [-0.05, 0) is 48.5 Å². The Labute approximate surface area is 205 Å². The number of nitrogens with zero attached hydrogens (tertiary/aromatic N) is 3. The van der Waals surface area contributed by atoms with Crippen molar-refractivity contribution in [2.75, 3.05) is 0 Å². The number of benzene rings is 5. The SMILES string of the molecule is N#Cc1cc(F)ccc1-n1c2ccccc2c2c(On3c4ccccc4c4ccccc43)cccc21. The Hall–Kier alpha value is -5.08. The summed E-state index contributed by atoms with van der Waals surface area (Å²) >= 11 is 0. The topological polar surface area (TPSA) is 42.9 Å². The molecule has 5 heteroatoms. The zero-order valence-corrected chi connectivity index (χ0v) is 19.0. The monoisotopic (exact) mass is 467 g/mol. The van der Waals surface area contributed by atoms with Crippen LogP contribution in [0.4, 0.5) is 4.39 Å². The molecule has 0 bridgehead atoms. The number of nitriles is 1. The molecule has 0 aliphatic heterocycles. The molecule has 7 rings (SSSR count). The average molecular weight is 468 g/mol. The van der Waals surface area contributed by atoms with Crippen molar-refractivity contribution in [2.24, 2.45) is 0 Å². The molecular formula is C31H18FN3O. The molecule has 0 radical (unpaired) electrons. The minimum atomic E-state index is -0.438. The van der Waals surface area contributed by atoms with E-state index in [1.165, 1.54) is 12.1 Å². The van der Waals surface area contributed by atoms with Gasteiger partial charge in [0.15, 0.2) is 5.75 Å². The van der Waals surface area contributed by atoms with Crippen molar-refractivity contribution in [3.8, 4) is 17.5 Å². The number of aromatic nitrogens is 2. The van der Waals surface area contributed by atoms with Crippen LogP contribution in [0, 0.1) is 17.1 Å². The van der Waals surface area contributed by atoms with Crippen molar-refractivity contribution in [3.05, 3.63) is 121 Å². The lowest BCUT2D eigenvalue weighted by molar-refractivity contribution is 0.245. The lowest BCUT2D eigenvalue weighted by atomic mass is 10.1. The van der Waals surface area contributed by atoms with Gasteiger partial charge in [0, 0.05) is 16.2 Å². The van der Waals surface area contributed by atoms with Gasteiger partial charge in [-0.2, -0.15) is 9.99 Å². The van der Waals surface area contributed by atoms with Gasteiger partial charge in [0.25, 0.3) is 0 Å². The molecule has 5 aromatic carbocycles. The maximum Gasteiger partial charge on any atom is 0.165 e. The highest BCUT2D eigenvalue weighted by Crippen LogP contribution is 2.39. The molecule has 2 heterocycles. The van der Waals surface area contributed by atoms with E-state index in [1.807, 2.05) is 76.0 Å². The standard InChI is InChI=1S/C31H18FN3O/c32-21-16-17-25(20(18-21)19-33)34-26-11-4-3-10-24(26)31-29(34)14-7-15-30(31)36-35-27-12-5-1-8-22(27)23-9-2-6-13-28(23)35/h1-18H. The molecule has 0 fully saturated rings. The van der Waals surface area contributed by atoms with Crippen LogP contribution in [0.1, 0.15) is 5.56 Å². The average Bonchev–Trinajstić information content (AvgIpc) is 3.42. The summed E-state index contributed by atoms with van der Waals surface area (Å²) in [5.41, 5.74) is 4.63. The first-order chi connectivity index (χ1) is 17.7. The van der Waals surface area contributed by atoms with Gasteiger partial charge in [-0.3, -0.25) is 0 Å². The van der Waals surface area contributed by atoms with Crippen LogP contribution in [0.15, 0.2) is 109 Å². The second kappa shape index (κ2) is 7.72. The summed E-state index contributed by atoms with van der Waals surface area (Å²) in [4.78, 5) is 6.67. The van der Waals surface area contributed by atoms with E-state index in [0.717, 1.165) is 43.6 Å². The third-order valence-electron chi connectivity index (χ3n) is 6.70. The van der Waals surface area contributed by atoms with Crippen molar-refractivity contribution in [1.82, 2.24) is 9.30 Å². The summed E-state index contributed by atoms with van der Waals surface area (Å²) in [5.74, 6) is 0.251. The fraction of sp³-hybridized carbons (Fsp3) is 0. The second-order valence-electron chi connectivity index (χ2n) is 8.70. The van der Waals surface area contributed by atoms with Crippen molar-refractivity contribution in [3.63, 3.8) is 0 Å². The summed E-state index contributed by atoms with van der Waals surface area (Å²) < 4.78 is 17.8. The summed E-state index contributed by atoms with van der Waals surface area (Å²) in [5, 5.41) is 13.9. The van der Waals surface area contributed by atoms with Crippen molar-refractivity contribution >= 4 is 43.6 Å². The highest BCUT2D eigenvalue weighted by atomic mass is 19.1. The van der Waals surface area contributed by atoms with Gasteiger partial charge < -0.3 is 9.40 Å². The third-order valence-corrected chi connectivity index (χ3v) is 6.70. The van der Waals surface area contributed by atoms with E-state index < -0.39 is 5.82 Å². The number of hydrogen-bond acceptors (Lipinski definition) is 2. The molecular weight excluding hydrogens is 449 g/mol. The molecule has 0 atom stereocenters. The number of rotatable bonds is 3. The zero-order valence-electron chi connectivity index (χ0n) is 19.0. The van der Waals surface area contributed by atoms with Gasteiger partial charge in [0.1, 0.15) is 11.9 Å². The predicted octanol–water partition coefficient (Wildman–Crippen LogP) is 7.74. The molecule has 36 heavy (non-hydrogen) atoms. The van der Waals surface area contributed by atoms with Crippen LogP contribution in [0.5, 0.6) is 5.75 Å². The van der Waals surface area contributed by atoms with Gasteiger partial charge in [0.05, 0.1) is 38.7 Å². The van der Waals surface area contributed by atoms with E-state index >= 15 is 0 Å². The Morgan fingerprint density at radius 3 is 1.94 bits per heavy atom. The van der Waals surface area contributed by atoms with E-state index in [9.17, 15) is 9.65 Å². The summed E-state index contributed by atoms with van der Waals surface area (Å²) in [6.07, 6.45) is 0. The molecule has 170 valence electrons. The molecule has 0 saturated heterocycles. The maximum absolute atomic E-state index is 14.0. The van der Waals surface area contributed by atoms with Gasteiger partial charge in [-0.25, -0.2) is 4.39 Å². The fourth-order valence-electron chi connectivity index (χ4n) is 5.20. The molecule has 0 aliphatic carbocycles. The first-order valence-electron chi connectivity index (χ1n) is 11.6. The molecule has 0 N–H and O–H groups in total. The molecule has 2 aromatic heterocycles. The minimum Gasteiger partial charge on any atom is -0.374 e. The minimum absolute atomic E-state index is 0.270. The van der Waals surface area contributed by atoms with Crippen molar-refractivity contribution in [1.29, 1.82) is 5.26 Å². The first kappa shape index (κ1) is 20.3. The van der Waals surface area contributed by atoms with Crippen LogP contribution in [-0.2, 0) is 0 Å². The van der Waals surface area contributed by atoms with Crippen LogP contribution >= 0.6 is 0 Å². The zero-order chi connectivity index (χ0) is 24.2. The molecule has 4 nitrogen and oxygen atoms in total. The number of para-hydroxylation sites is 3. The predicted molar refractivity (Wildman–Crippen MR) is 141 cm³/mol. The quantitative estimate of drug-likeness (QED) is 0.267. The molecule has 0 saturated carbocycles. The van der Waals surface area contributed by atoms with E-state index in [1.54, 1.807) is 6.07 Å². The van der Waals surface area contributed by atoms with Crippen LogP contribution < -0.4 is 4.84 Å². The molecule has 0 aliphatic rings. The van der Waals surface area contributed by atoms with Crippen LogP contribution in [0.2, 0.25) is 0 Å². The molecule has 0 spiro atoms. The highest BCUT2D eigenvalue weighted by molar-refractivity contribution is 6.13. The first-order valence-corrected chi connectivity index (χ1v) is 11.6.